The number of fused-ring (bicyclic) bond motifs is 1. The number of hydrogen-bond donors (Lipinski definition) is 0. The third kappa shape index (κ3) is 2.87. The lowest BCUT2D eigenvalue weighted by Gasteiger charge is -2.18. The molecule has 2 aliphatic heterocycles. The Balaban J connectivity index is 1.59. The lowest BCUT2D eigenvalue weighted by atomic mass is 10.1. The van der Waals surface area contributed by atoms with Gasteiger partial charge < -0.3 is 9.74 Å². The zero-order valence-corrected chi connectivity index (χ0v) is 14.4. The summed E-state index contributed by atoms with van der Waals surface area (Å²) < 4.78 is 0. The van der Waals surface area contributed by atoms with E-state index in [1.807, 2.05) is 0 Å². The topological polar surface area (TPSA) is 84.0 Å². The van der Waals surface area contributed by atoms with Gasteiger partial charge in [0.1, 0.15) is 0 Å². The number of carbonyl (C=O) groups is 4. The van der Waals surface area contributed by atoms with E-state index >= 15 is 0 Å². The van der Waals surface area contributed by atoms with Crippen molar-refractivity contribution in [1.82, 2.24) is 9.96 Å². The highest BCUT2D eigenvalue weighted by atomic mass is 16.7. The molecule has 2 aliphatic rings. The van der Waals surface area contributed by atoms with Gasteiger partial charge in [-0.2, -0.15) is 0 Å². The fraction of sp³-hybridized carbons (Fsp3) is 0.200. The lowest BCUT2D eigenvalue weighted by Crippen LogP contribution is -2.34. The molecule has 2 aromatic rings. The van der Waals surface area contributed by atoms with Crippen LogP contribution in [0.25, 0.3) is 0 Å². The van der Waals surface area contributed by atoms with E-state index in [1.165, 1.54) is 18.2 Å². The minimum Gasteiger partial charge on any atom is -0.339 e. The molecule has 0 aliphatic carbocycles. The van der Waals surface area contributed by atoms with Crippen LogP contribution < -0.4 is 0 Å². The van der Waals surface area contributed by atoms with Gasteiger partial charge in [0, 0.05) is 13.1 Å². The molecule has 0 unspecified atom stereocenters. The van der Waals surface area contributed by atoms with Crippen LogP contribution in [0.4, 0.5) is 0 Å². The summed E-state index contributed by atoms with van der Waals surface area (Å²) in [6.45, 7) is 1.28. The highest BCUT2D eigenvalue weighted by Gasteiger charge is 2.39. The average Bonchev–Trinajstić information content (AvgIpc) is 3.32. The number of likely N-dealkylation sites (tertiary alicyclic amines) is 1. The minimum atomic E-state index is -0.923. The van der Waals surface area contributed by atoms with Crippen molar-refractivity contribution in [2.24, 2.45) is 0 Å². The highest BCUT2D eigenvalue weighted by Crippen LogP contribution is 2.24. The second-order valence-electron chi connectivity index (χ2n) is 6.37. The molecule has 3 amide bonds. The van der Waals surface area contributed by atoms with Crippen molar-refractivity contribution >= 4 is 23.7 Å². The second kappa shape index (κ2) is 6.68. The van der Waals surface area contributed by atoms with Gasteiger partial charge in [-0.1, -0.05) is 29.3 Å². The van der Waals surface area contributed by atoms with Crippen LogP contribution in [-0.2, 0) is 4.84 Å². The number of carbonyl (C=O) groups excluding carboxylic acids is 4. The summed E-state index contributed by atoms with van der Waals surface area (Å²) in [4.78, 5) is 56.8. The van der Waals surface area contributed by atoms with E-state index in [4.69, 9.17) is 4.84 Å². The maximum atomic E-state index is 12.7. The molecule has 0 aromatic heterocycles. The number of amides is 3. The van der Waals surface area contributed by atoms with Gasteiger partial charge in [0.2, 0.25) is 0 Å². The maximum Gasteiger partial charge on any atom is 0.364 e. The number of imide groups is 1. The molecule has 7 nitrogen and oxygen atoms in total. The Hall–Kier alpha value is -3.48. The molecule has 0 spiro atoms. The first-order chi connectivity index (χ1) is 13.1. The average molecular weight is 364 g/mol. The SMILES string of the molecule is O=C(ON1C(=O)c2ccccc2C1=O)c1ccccc1C(=O)N1CCCC1. The number of hydroxylamine groups is 2. The maximum absolute atomic E-state index is 12.7. The zero-order chi connectivity index (χ0) is 19.0. The van der Waals surface area contributed by atoms with Gasteiger partial charge in [0.15, 0.2) is 0 Å². The van der Waals surface area contributed by atoms with E-state index in [2.05, 4.69) is 0 Å². The molecule has 1 saturated heterocycles. The number of rotatable bonds is 3. The fourth-order valence-corrected chi connectivity index (χ4v) is 3.32. The van der Waals surface area contributed by atoms with Crippen molar-refractivity contribution in [3.05, 3.63) is 70.8 Å². The van der Waals surface area contributed by atoms with Crippen LogP contribution in [0.2, 0.25) is 0 Å². The van der Waals surface area contributed by atoms with Gasteiger partial charge in [0.25, 0.3) is 17.7 Å². The van der Waals surface area contributed by atoms with E-state index in [-0.39, 0.29) is 28.2 Å². The van der Waals surface area contributed by atoms with E-state index in [1.54, 1.807) is 35.2 Å². The van der Waals surface area contributed by atoms with Crippen LogP contribution in [0.15, 0.2) is 48.5 Å². The number of nitrogens with zero attached hydrogens (tertiary/aromatic N) is 2. The Bertz CT molecular complexity index is 927. The Morgan fingerprint density at radius 2 is 1.30 bits per heavy atom. The summed E-state index contributed by atoms with van der Waals surface area (Å²) in [6.07, 6.45) is 1.85. The normalized spacial score (nSPS) is 15.9. The standard InChI is InChI=1S/C20H16N2O5/c23-17(21-11-5-6-12-21)15-9-3-4-10-16(15)20(26)27-22-18(24)13-7-1-2-8-14(13)19(22)25/h1-4,7-10H,5-6,11-12H2. The molecule has 4 rings (SSSR count). The smallest absolute Gasteiger partial charge is 0.339 e. The van der Waals surface area contributed by atoms with Crippen LogP contribution in [0.5, 0.6) is 0 Å². The van der Waals surface area contributed by atoms with Crippen LogP contribution in [0.1, 0.15) is 54.3 Å². The summed E-state index contributed by atoms with van der Waals surface area (Å²) in [6, 6.07) is 12.5. The molecule has 0 bridgehead atoms. The van der Waals surface area contributed by atoms with Gasteiger partial charge in [-0.25, -0.2) is 4.79 Å². The van der Waals surface area contributed by atoms with Crippen LogP contribution in [0.3, 0.4) is 0 Å². The van der Waals surface area contributed by atoms with Gasteiger partial charge in [-0.05, 0) is 37.1 Å². The van der Waals surface area contributed by atoms with Crippen LogP contribution in [-0.4, -0.2) is 46.7 Å². The van der Waals surface area contributed by atoms with Gasteiger partial charge >= 0.3 is 5.97 Å². The monoisotopic (exact) mass is 364 g/mol. The zero-order valence-electron chi connectivity index (χ0n) is 14.4. The fourth-order valence-electron chi connectivity index (χ4n) is 3.32. The molecule has 2 heterocycles. The number of hydrogen-bond acceptors (Lipinski definition) is 5. The lowest BCUT2D eigenvalue weighted by molar-refractivity contribution is -0.0585. The summed E-state index contributed by atoms with van der Waals surface area (Å²) >= 11 is 0. The summed E-state index contributed by atoms with van der Waals surface area (Å²) in [7, 11) is 0. The molecule has 27 heavy (non-hydrogen) atoms. The minimum absolute atomic E-state index is 0.0194. The first-order valence-corrected chi connectivity index (χ1v) is 8.66. The van der Waals surface area contributed by atoms with Crippen molar-refractivity contribution in [2.45, 2.75) is 12.8 Å². The molecule has 1 fully saturated rings. The van der Waals surface area contributed by atoms with Crippen molar-refractivity contribution in [3.8, 4) is 0 Å². The predicted octanol–water partition coefficient (Wildman–Crippen LogP) is 2.29. The third-order valence-corrected chi connectivity index (χ3v) is 4.70. The predicted molar refractivity (Wildman–Crippen MR) is 93.9 cm³/mol. The molecular weight excluding hydrogens is 348 g/mol. The third-order valence-electron chi connectivity index (χ3n) is 4.70. The van der Waals surface area contributed by atoms with Gasteiger partial charge in [0.05, 0.1) is 22.3 Å². The summed E-state index contributed by atoms with van der Waals surface area (Å²) in [5.74, 6) is -2.59. The summed E-state index contributed by atoms with van der Waals surface area (Å²) in [5.41, 5.74) is 0.570. The Labute approximate surface area is 155 Å². The Morgan fingerprint density at radius 1 is 0.778 bits per heavy atom. The van der Waals surface area contributed by atoms with Crippen LogP contribution >= 0.6 is 0 Å². The molecule has 0 saturated carbocycles. The van der Waals surface area contributed by atoms with Crippen molar-refractivity contribution in [2.75, 3.05) is 13.1 Å². The first-order valence-electron chi connectivity index (χ1n) is 8.66. The molecule has 0 atom stereocenters. The Kier molecular flexibility index (Phi) is 4.19. The van der Waals surface area contributed by atoms with E-state index in [0.717, 1.165) is 12.8 Å². The first kappa shape index (κ1) is 17.0. The van der Waals surface area contributed by atoms with E-state index in [0.29, 0.717) is 18.2 Å². The highest BCUT2D eigenvalue weighted by molar-refractivity contribution is 6.21. The van der Waals surface area contributed by atoms with Crippen molar-refractivity contribution < 1.29 is 24.0 Å². The van der Waals surface area contributed by atoms with E-state index in [9.17, 15) is 19.2 Å². The summed E-state index contributed by atoms with van der Waals surface area (Å²) in [5, 5.41) is 0.449. The number of benzene rings is 2. The van der Waals surface area contributed by atoms with Gasteiger partial charge in [-0.15, -0.1) is 0 Å². The Morgan fingerprint density at radius 3 is 1.89 bits per heavy atom. The van der Waals surface area contributed by atoms with E-state index < -0.39 is 17.8 Å². The van der Waals surface area contributed by atoms with Crippen molar-refractivity contribution in [3.63, 3.8) is 0 Å². The molecule has 2 aromatic carbocycles. The largest absolute Gasteiger partial charge is 0.364 e. The van der Waals surface area contributed by atoms with Crippen LogP contribution in [0, 0.1) is 0 Å². The molecule has 7 heteroatoms. The molecule has 0 radical (unpaired) electrons. The second-order valence-corrected chi connectivity index (χ2v) is 6.37. The van der Waals surface area contributed by atoms with Crippen molar-refractivity contribution in [1.29, 1.82) is 0 Å². The quantitative estimate of drug-likeness (QED) is 0.780. The molecule has 0 N–H and O–H groups in total. The van der Waals surface area contributed by atoms with Gasteiger partial charge in [-0.3, -0.25) is 14.4 Å². The molecular formula is C20H16N2O5. The molecule has 136 valence electrons.